The number of nitrogens with one attached hydrogen (secondary N) is 1. The minimum Gasteiger partial charge on any atom is -0.494 e. The lowest BCUT2D eigenvalue weighted by atomic mass is 9.81. The third-order valence-electron chi connectivity index (χ3n) is 6.40. The van der Waals surface area contributed by atoms with Crippen LogP contribution >= 0.6 is 0 Å². The van der Waals surface area contributed by atoms with Gasteiger partial charge in [0.2, 0.25) is 0 Å². The molecule has 0 aliphatic heterocycles. The molecule has 1 N–H and O–H groups in total. The molecule has 4 rings (SSSR count). The van der Waals surface area contributed by atoms with E-state index in [-0.39, 0.29) is 23.8 Å². The Kier molecular flexibility index (Phi) is 5.48. The van der Waals surface area contributed by atoms with Crippen LogP contribution in [0.3, 0.4) is 0 Å². The van der Waals surface area contributed by atoms with Gasteiger partial charge in [-0.25, -0.2) is 4.79 Å². The molecule has 1 fully saturated rings. The summed E-state index contributed by atoms with van der Waals surface area (Å²) in [6.45, 7) is 6.56. The lowest BCUT2D eigenvalue weighted by molar-refractivity contribution is 0.0219. The van der Waals surface area contributed by atoms with E-state index in [0.29, 0.717) is 36.6 Å². The molecule has 1 aromatic carbocycles. The monoisotopic (exact) mass is 395 g/mol. The minimum atomic E-state index is -0.332. The van der Waals surface area contributed by atoms with Gasteiger partial charge in [-0.05, 0) is 74.6 Å². The van der Waals surface area contributed by atoms with Gasteiger partial charge >= 0.3 is 5.97 Å². The van der Waals surface area contributed by atoms with Gasteiger partial charge in [-0.1, -0.05) is 19.1 Å². The van der Waals surface area contributed by atoms with Crippen LogP contribution < -0.4 is 4.74 Å². The number of carbonyl (C=O) groups is 2. The summed E-state index contributed by atoms with van der Waals surface area (Å²) in [4.78, 5) is 28.9. The molecule has 3 atom stereocenters. The first-order valence-electron chi connectivity index (χ1n) is 10.7. The van der Waals surface area contributed by atoms with Crippen LogP contribution in [0, 0.1) is 12.8 Å². The Balaban J connectivity index is 1.54. The van der Waals surface area contributed by atoms with Crippen molar-refractivity contribution in [2.75, 3.05) is 6.61 Å². The molecule has 0 spiro atoms. The molecule has 1 saturated carbocycles. The average molecular weight is 395 g/mol. The summed E-state index contributed by atoms with van der Waals surface area (Å²) >= 11 is 0. The number of hydrogen-bond acceptors (Lipinski definition) is 4. The van der Waals surface area contributed by atoms with E-state index in [0.717, 1.165) is 41.8 Å². The summed E-state index contributed by atoms with van der Waals surface area (Å²) in [6.07, 6.45) is 4.26. The Bertz CT molecular complexity index is 912. The van der Waals surface area contributed by atoms with E-state index >= 15 is 0 Å². The molecular formula is C24H29NO4. The summed E-state index contributed by atoms with van der Waals surface area (Å²) in [5, 5.41) is 0. The predicted octanol–water partition coefficient (Wildman–Crippen LogP) is 4.98. The van der Waals surface area contributed by atoms with Gasteiger partial charge in [0, 0.05) is 17.7 Å². The SMILES string of the molecule is CCOc1ccc([C@H]2CC(=O)c3c([nH]c(C(=O)O[C@@H]4CCC[C@@H]4C)c3C)C2)cc1. The molecule has 2 aliphatic rings. The highest BCUT2D eigenvalue weighted by atomic mass is 16.5. The molecule has 1 aromatic heterocycles. The van der Waals surface area contributed by atoms with E-state index in [4.69, 9.17) is 9.47 Å². The Morgan fingerprint density at radius 1 is 1.17 bits per heavy atom. The van der Waals surface area contributed by atoms with Gasteiger partial charge in [0.15, 0.2) is 5.78 Å². The minimum absolute atomic E-state index is 0.0190. The summed E-state index contributed by atoms with van der Waals surface area (Å²) in [7, 11) is 0. The highest BCUT2D eigenvalue weighted by Gasteiger charge is 2.34. The average Bonchev–Trinajstić information content (AvgIpc) is 3.26. The number of benzene rings is 1. The van der Waals surface area contributed by atoms with Crippen LogP contribution in [-0.4, -0.2) is 29.4 Å². The summed E-state index contributed by atoms with van der Waals surface area (Å²) in [6, 6.07) is 7.95. The summed E-state index contributed by atoms with van der Waals surface area (Å²) in [5.74, 6) is 1.09. The lowest BCUT2D eigenvalue weighted by Gasteiger charge is -2.22. The number of fused-ring (bicyclic) bond motifs is 1. The third kappa shape index (κ3) is 3.83. The van der Waals surface area contributed by atoms with E-state index in [1.807, 2.05) is 38.1 Å². The van der Waals surface area contributed by atoms with Gasteiger partial charge in [-0.3, -0.25) is 4.79 Å². The van der Waals surface area contributed by atoms with Crippen molar-refractivity contribution < 1.29 is 19.1 Å². The largest absolute Gasteiger partial charge is 0.494 e. The molecule has 1 heterocycles. The van der Waals surface area contributed by atoms with Crippen molar-refractivity contribution in [2.45, 2.75) is 64.9 Å². The van der Waals surface area contributed by atoms with Gasteiger partial charge in [0.1, 0.15) is 17.5 Å². The third-order valence-corrected chi connectivity index (χ3v) is 6.40. The van der Waals surface area contributed by atoms with E-state index in [1.165, 1.54) is 0 Å². The van der Waals surface area contributed by atoms with Crippen molar-refractivity contribution in [3.8, 4) is 5.75 Å². The number of H-pyrrole nitrogens is 1. The van der Waals surface area contributed by atoms with Crippen LogP contribution in [-0.2, 0) is 11.2 Å². The van der Waals surface area contributed by atoms with Crippen LogP contribution in [0.15, 0.2) is 24.3 Å². The second-order valence-corrected chi connectivity index (χ2v) is 8.36. The molecule has 2 aromatic rings. The molecule has 0 unspecified atom stereocenters. The normalized spacial score (nSPS) is 23.7. The van der Waals surface area contributed by atoms with Crippen molar-refractivity contribution >= 4 is 11.8 Å². The zero-order chi connectivity index (χ0) is 20.5. The number of aromatic nitrogens is 1. The summed E-state index contributed by atoms with van der Waals surface area (Å²) < 4.78 is 11.3. The van der Waals surface area contributed by atoms with Crippen LogP contribution in [0.5, 0.6) is 5.75 Å². The van der Waals surface area contributed by atoms with Crippen LogP contribution in [0.2, 0.25) is 0 Å². The van der Waals surface area contributed by atoms with Crippen molar-refractivity contribution in [2.24, 2.45) is 5.92 Å². The van der Waals surface area contributed by atoms with Gasteiger partial charge in [-0.15, -0.1) is 0 Å². The first-order valence-corrected chi connectivity index (χ1v) is 10.7. The first-order chi connectivity index (χ1) is 14.0. The molecular weight excluding hydrogens is 366 g/mol. The first kappa shape index (κ1) is 19.7. The maximum Gasteiger partial charge on any atom is 0.355 e. The van der Waals surface area contributed by atoms with Crippen molar-refractivity contribution in [3.05, 3.63) is 52.3 Å². The van der Waals surface area contributed by atoms with E-state index in [9.17, 15) is 9.59 Å². The fourth-order valence-electron chi connectivity index (χ4n) is 4.76. The zero-order valence-corrected chi connectivity index (χ0v) is 17.4. The molecule has 5 nitrogen and oxygen atoms in total. The molecule has 0 amide bonds. The molecule has 5 heteroatoms. The number of ketones is 1. The molecule has 154 valence electrons. The Morgan fingerprint density at radius 2 is 1.93 bits per heavy atom. The number of hydrogen-bond donors (Lipinski definition) is 1. The highest BCUT2D eigenvalue weighted by molar-refractivity contribution is 6.03. The highest BCUT2D eigenvalue weighted by Crippen LogP contribution is 2.36. The molecule has 0 radical (unpaired) electrons. The van der Waals surface area contributed by atoms with Crippen molar-refractivity contribution in [1.29, 1.82) is 0 Å². The Labute approximate surface area is 171 Å². The molecule has 2 aliphatic carbocycles. The van der Waals surface area contributed by atoms with Crippen LogP contribution in [0.25, 0.3) is 0 Å². The number of rotatable bonds is 5. The molecule has 0 saturated heterocycles. The quantitative estimate of drug-likeness (QED) is 0.725. The Morgan fingerprint density at radius 3 is 2.59 bits per heavy atom. The Hall–Kier alpha value is -2.56. The number of Topliss-reactive ketones (excluding diaryl/α,β-unsaturated/α-hetero) is 1. The van der Waals surface area contributed by atoms with Crippen LogP contribution in [0.1, 0.15) is 83.1 Å². The zero-order valence-electron chi connectivity index (χ0n) is 17.4. The molecule has 29 heavy (non-hydrogen) atoms. The smallest absolute Gasteiger partial charge is 0.355 e. The van der Waals surface area contributed by atoms with Crippen molar-refractivity contribution in [1.82, 2.24) is 4.98 Å². The maximum atomic E-state index is 12.9. The number of ether oxygens (including phenoxy) is 2. The number of esters is 1. The number of aromatic amines is 1. The van der Waals surface area contributed by atoms with E-state index in [2.05, 4.69) is 11.9 Å². The van der Waals surface area contributed by atoms with Gasteiger partial charge in [-0.2, -0.15) is 0 Å². The standard InChI is InChI=1S/C24H29NO4/c1-4-28-18-10-8-16(9-11-18)17-12-19-22(20(26)13-17)15(3)23(25-19)24(27)29-21-7-5-6-14(21)2/h8-11,14,17,21,25H,4-7,12-13H2,1-3H3/t14-,17+,21+/m0/s1. The van der Waals surface area contributed by atoms with Crippen molar-refractivity contribution in [3.63, 3.8) is 0 Å². The fraction of sp³-hybridized carbons (Fsp3) is 0.500. The lowest BCUT2D eigenvalue weighted by Crippen LogP contribution is -2.21. The fourth-order valence-corrected chi connectivity index (χ4v) is 4.76. The predicted molar refractivity (Wildman–Crippen MR) is 111 cm³/mol. The van der Waals surface area contributed by atoms with Gasteiger partial charge in [0.05, 0.1) is 6.61 Å². The second kappa shape index (κ2) is 8.05. The summed E-state index contributed by atoms with van der Waals surface area (Å²) in [5.41, 5.74) is 3.81. The topological polar surface area (TPSA) is 68.4 Å². The van der Waals surface area contributed by atoms with E-state index in [1.54, 1.807) is 0 Å². The molecule has 0 bridgehead atoms. The van der Waals surface area contributed by atoms with E-state index < -0.39 is 0 Å². The van der Waals surface area contributed by atoms with Crippen LogP contribution in [0.4, 0.5) is 0 Å². The second-order valence-electron chi connectivity index (χ2n) is 8.36. The van der Waals surface area contributed by atoms with Gasteiger partial charge < -0.3 is 14.5 Å². The maximum absolute atomic E-state index is 12.9. The number of carbonyl (C=O) groups excluding carboxylic acids is 2. The van der Waals surface area contributed by atoms with Gasteiger partial charge in [0.25, 0.3) is 0 Å².